The average molecular weight is 608 g/mol. The minimum atomic E-state index is -0.693. The monoisotopic (exact) mass is 606 g/mol. The topological polar surface area (TPSA) is 90.1 Å². The van der Waals surface area contributed by atoms with Crippen LogP contribution in [-0.2, 0) is 9.53 Å². The van der Waals surface area contributed by atoms with Crippen molar-refractivity contribution in [2.24, 2.45) is 4.99 Å². The number of rotatable bonds is 5. The van der Waals surface area contributed by atoms with Crippen LogP contribution >= 0.6 is 43.2 Å². The maximum absolute atomic E-state index is 13.6. The van der Waals surface area contributed by atoms with Gasteiger partial charge in [0.1, 0.15) is 11.5 Å². The van der Waals surface area contributed by atoms with Crippen LogP contribution in [0.4, 0.5) is 0 Å². The van der Waals surface area contributed by atoms with E-state index < -0.39 is 12.0 Å². The number of aromatic hydroxyl groups is 1. The molecular weight excluding hydrogens is 588 g/mol. The lowest BCUT2D eigenvalue weighted by molar-refractivity contribution is -0.139. The van der Waals surface area contributed by atoms with Crippen molar-refractivity contribution in [2.75, 3.05) is 13.7 Å². The maximum atomic E-state index is 13.6. The summed E-state index contributed by atoms with van der Waals surface area (Å²) in [6.45, 7) is 3.69. The molecule has 1 aromatic heterocycles. The van der Waals surface area contributed by atoms with Gasteiger partial charge in [0.05, 0.1) is 44.5 Å². The highest BCUT2D eigenvalue weighted by atomic mass is 79.9. The number of ether oxygens (including phenoxy) is 2. The van der Waals surface area contributed by atoms with Gasteiger partial charge in [0, 0.05) is 0 Å². The van der Waals surface area contributed by atoms with Crippen molar-refractivity contribution in [3.8, 4) is 11.5 Å². The molecule has 1 atom stereocenters. The first-order valence-electron chi connectivity index (χ1n) is 10.3. The number of allylic oxidation sites excluding steroid dienone is 1. The van der Waals surface area contributed by atoms with Crippen molar-refractivity contribution in [1.82, 2.24) is 4.57 Å². The average Bonchev–Trinajstić information content (AvgIpc) is 3.11. The fourth-order valence-electron chi connectivity index (χ4n) is 3.71. The Morgan fingerprint density at radius 2 is 1.88 bits per heavy atom. The quantitative estimate of drug-likeness (QED) is 0.442. The van der Waals surface area contributed by atoms with Gasteiger partial charge in [0.2, 0.25) is 0 Å². The predicted octanol–water partition coefficient (Wildman–Crippen LogP) is 4.04. The molecule has 7 nitrogen and oxygen atoms in total. The Labute approximate surface area is 215 Å². The third-order valence-corrected chi connectivity index (χ3v) is 7.48. The molecule has 1 aliphatic rings. The SMILES string of the molecule is CCOC(=O)C1=C(C)N=c2s/c(=C\c3cc(Br)c(O)c(Br)c3)c(=O)n2[C@@H]1c1ccc(OC)cc1. The van der Waals surface area contributed by atoms with Gasteiger partial charge in [-0.1, -0.05) is 23.5 Å². The van der Waals surface area contributed by atoms with Crippen molar-refractivity contribution in [2.45, 2.75) is 19.9 Å². The van der Waals surface area contributed by atoms with E-state index >= 15 is 0 Å². The number of hydrogen-bond acceptors (Lipinski definition) is 7. The molecule has 176 valence electrons. The van der Waals surface area contributed by atoms with E-state index in [0.29, 0.717) is 40.9 Å². The number of methoxy groups -OCH3 is 1. The molecule has 4 rings (SSSR count). The number of nitrogens with zero attached hydrogens (tertiary/aromatic N) is 2. The zero-order chi connectivity index (χ0) is 24.6. The molecule has 0 spiro atoms. The first kappa shape index (κ1) is 24.4. The van der Waals surface area contributed by atoms with E-state index in [0.717, 1.165) is 5.56 Å². The number of halogens is 2. The van der Waals surface area contributed by atoms with Crippen molar-refractivity contribution in [3.63, 3.8) is 0 Å². The normalized spacial score (nSPS) is 15.7. The van der Waals surface area contributed by atoms with Crippen molar-refractivity contribution in [3.05, 3.63) is 87.4 Å². The molecule has 0 saturated heterocycles. The number of fused-ring (bicyclic) bond motifs is 1. The molecule has 0 radical (unpaired) electrons. The van der Waals surface area contributed by atoms with Crippen molar-refractivity contribution < 1.29 is 19.4 Å². The lowest BCUT2D eigenvalue weighted by atomic mass is 9.96. The number of aromatic nitrogens is 1. The summed E-state index contributed by atoms with van der Waals surface area (Å²) in [7, 11) is 1.58. The molecule has 0 fully saturated rings. The Morgan fingerprint density at radius 3 is 2.47 bits per heavy atom. The van der Waals surface area contributed by atoms with Crippen LogP contribution in [0.1, 0.15) is 31.0 Å². The van der Waals surface area contributed by atoms with Crippen LogP contribution in [0.3, 0.4) is 0 Å². The Balaban J connectivity index is 1.95. The van der Waals surface area contributed by atoms with E-state index in [4.69, 9.17) is 9.47 Å². The van der Waals surface area contributed by atoms with Gasteiger partial charge in [-0.05, 0) is 87.2 Å². The molecule has 0 amide bonds. The minimum absolute atomic E-state index is 0.0767. The molecule has 0 unspecified atom stereocenters. The summed E-state index contributed by atoms with van der Waals surface area (Å²) in [4.78, 5) is 31.6. The van der Waals surface area contributed by atoms with Crippen LogP contribution in [0, 0.1) is 0 Å². The first-order chi connectivity index (χ1) is 16.2. The number of thiazole rings is 1. The number of carbonyl (C=O) groups is 1. The second-order valence-electron chi connectivity index (χ2n) is 7.41. The predicted molar refractivity (Wildman–Crippen MR) is 137 cm³/mol. The van der Waals surface area contributed by atoms with Gasteiger partial charge < -0.3 is 14.6 Å². The molecule has 10 heteroatoms. The maximum Gasteiger partial charge on any atom is 0.338 e. The Morgan fingerprint density at radius 1 is 1.24 bits per heavy atom. The highest BCUT2D eigenvalue weighted by Crippen LogP contribution is 2.34. The van der Waals surface area contributed by atoms with E-state index in [1.807, 2.05) is 12.1 Å². The Kier molecular flexibility index (Phi) is 7.11. The molecule has 2 heterocycles. The van der Waals surface area contributed by atoms with Crippen molar-refractivity contribution in [1.29, 1.82) is 0 Å². The van der Waals surface area contributed by atoms with E-state index in [1.54, 1.807) is 51.3 Å². The van der Waals surface area contributed by atoms with Gasteiger partial charge in [-0.3, -0.25) is 9.36 Å². The van der Waals surface area contributed by atoms with Gasteiger partial charge in [-0.15, -0.1) is 0 Å². The van der Waals surface area contributed by atoms with E-state index in [9.17, 15) is 14.7 Å². The van der Waals surface area contributed by atoms with Gasteiger partial charge in [-0.25, -0.2) is 9.79 Å². The third-order valence-electron chi connectivity index (χ3n) is 5.29. The summed E-state index contributed by atoms with van der Waals surface area (Å²) in [6, 6.07) is 9.97. The van der Waals surface area contributed by atoms with E-state index in [1.165, 1.54) is 15.9 Å². The summed E-state index contributed by atoms with van der Waals surface area (Å²) in [5, 5.41) is 9.99. The van der Waals surface area contributed by atoms with Crippen LogP contribution in [0.5, 0.6) is 11.5 Å². The van der Waals surface area contributed by atoms with Crippen LogP contribution in [0.25, 0.3) is 6.08 Å². The highest BCUT2D eigenvalue weighted by Gasteiger charge is 2.33. The second-order valence-corrected chi connectivity index (χ2v) is 10.1. The largest absolute Gasteiger partial charge is 0.506 e. The van der Waals surface area contributed by atoms with Crippen LogP contribution < -0.4 is 19.6 Å². The smallest absolute Gasteiger partial charge is 0.338 e. The fraction of sp³-hybridized carbons (Fsp3) is 0.208. The van der Waals surface area contributed by atoms with Gasteiger partial charge in [0.15, 0.2) is 4.80 Å². The molecule has 3 aromatic rings. The zero-order valence-corrected chi connectivity index (χ0v) is 22.5. The van der Waals surface area contributed by atoms with E-state index in [-0.39, 0.29) is 17.9 Å². The number of carbonyl (C=O) groups excluding carboxylic acids is 1. The molecule has 2 aromatic carbocycles. The van der Waals surface area contributed by atoms with Crippen LogP contribution in [0.2, 0.25) is 0 Å². The third kappa shape index (κ3) is 4.49. The zero-order valence-electron chi connectivity index (χ0n) is 18.5. The molecule has 0 saturated carbocycles. The standard InChI is InChI=1S/C24H20Br2N2O5S/c1-4-33-23(31)19-12(2)27-24-28(20(19)14-5-7-15(32-3)8-6-14)22(30)18(34-24)11-13-9-16(25)21(29)17(26)10-13/h5-11,20,29H,4H2,1-3H3/b18-11-/t20-/m1/s1. The number of phenols is 1. The Hall–Kier alpha value is -2.69. The van der Waals surface area contributed by atoms with E-state index in [2.05, 4.69) is 36.9 Å². The molecular formula is C24H20Br2N2O5S. The molecule has 0 aliphatic carbocycles. The van der Waals surface area contributed by atoms with Gasteiger partial charge in [0.25, 0.3) is 5.56 Å². The molecule has 34 heavy (non-hydrogen) atoms. The highest BCUT2D eigenvalue weighted by molar-refractivity contribution is 9.11. The lowest BCUT2D eigenvalue weighted by Gasteiger charge is -2.24. The number of esters is 1. The summed E-state index contributed by atoms with van der Waals surface area (Å²) in [6.07, 6.45) is 1.73. The number of phenolic OH excluding ortho intramolecular Hbond substituents is 1. The fourth-order valence-corrected chi connectivity index (χ4v) is 5.98. The van der Waals surface area contributed by atoms with Gasteiger partial charge >= 0.3 is 5.97 Å². The van der Waals surface area contributed by atoms with Crippen LogP contribution in [-0.4, -0.2) is 29.4 Å². The van der Waals surface area contributed by atoms with Crippen molar-refractivity contribution >= 4 is 55.2 Å². The minimum Gasteiger partial charge on any atom is -0.506 e. The molecule has 0 bridgehead atoms. The Bertz CT molecular complexity index is 1470. The summed E-state index contributed by atoms with van der Waals surface area (Å²) >= 11 is 7.87. The molecule has 1 N–H and O–H groups in total. The first-order valence-corrected chi connectivity index (χ1v) is 12.7. The lowest BCUT2D eigenvalue weighted by Crippen LogP contribution is -2.39. The summed E-state index contributed by atoms with van der Waals surface area (Å²) in [5.41, 5.74) is 1.99. The molecule has 1 aliphatic heterocycles. The second kappa shape index (κ2) is 9.89. The summed E-state index contributed by atoms with van der Waals surface area (Å²) < 4.78 is 13.5. The number of hydrogen-bond donors (Lipinski definition) is 1. The van der Waals surface area contributed by atoms with Crippen LogP contribution in [0.15, 0.2) is 66.4 Å². The van der Waals surface area contributed by atoms with Gasteiger partial charge in [-0.2, -0.15) is 0 Å². The number of benzene rings is 2. The summed E-state index contributed by atoms with van der Waals surface area (Å²) in [5.74, 6) is 0.232.